The Morgan fingerprint density at radius 2 is 1.96 bits per heavy atom. The number of hydrogen-bond donors (Lipinski definition) is 1. The molecule has 0 atom stereocenters. The van der Waals surface area contributed by atoms with Crippen LogP contribution in [0.25, 0.3) is 0 Å². The molecule has 0 unspecified atom stereocenters. The zero-order valence-corrected chi connectivity index (χ0v) is 15.4. The third kappa shape index (κ3) is 3.96. The van der Waals surface area contributed by atoms with Gasteiger partial charge >= 0.3 is 0 Å². The van der Waals surface area contributed by atoms with E-state index in [0.717, 1.165) is 12.0 Å². The molecular weight excluding hydrogens is 358 g/mol. The molecule has 0 fully saturated rings. The van der Waals surface area contributed by atoms with Crippen LogP contribution in [0.3, 0.4) is 0 Å². The number of benzene rings is 2. The summed E-state index contributed by atoms with van der Waals surface area (Å²) in [7, 11) is 3.07. The number of carbonyl (C=O) groups excluding carboxylic acids is 1. The van der Waals surface area contributed by atoms with Crippen molar-refractivity contribution in [1.82, 2.24) is 5.32 Å². The fourth-order valence-corrected chi connectivity index (χ4v) is 2.94. The fraction of sp³-hybridized carbons (Fsp3) is 0.316. The van der Waals surface area contributed by atoms with Gasteiger partial charge in [0.15, 0.2) is 11.5 Å². The van der Waals surface area contributed by atoms with Crippen molar-refractivity contribution in [2.24, 2.45) is 0 Å². The summed E-state index contributed by atoms with van der Waals surface area (Å²) in [6, 6.07) is 8.63. The molecule has 1 N–H and O–H groups in total. The highest BCUT2D eigenvalue weighted by atomic mass is 35.5. The summed E-state index contributed by atoms with van der Waals surface area (Å²) >= 11 is 6.28. The van der Waals surface area contributed by atoms with Crippen LogP contribution in [0.4, 0.5) is 0 Å². The molecule has 1 amide bonds. The van der Waals surface area contributed by atoms with Gasteiger partial charge in [-0.1, -0.05) is 11.6 Å². The quantitative estimate of drug-likeness (QED) is 0.864. The second kappa shape index (κ2) is 8.19. The van der Waals surface area contributed by atoms with E-state index in [1.165, 1.54) is 7.11 Å². The minimum absolute atomic E-state index is 0.257. The molecule has 0 saturated heterocycles. The van der Waals surface area contributed by atoms with Gasteiger partial charge < -0.3 is 24.3 Å². The molecular formula is C19H20ClNO5. The number of amides is 1. The van der Waals surface area contributed by atoms with Gasteiger partial charge in [0.2, 0.25) is 0 Å². The lowest BCUT2D eigenvalue weighted by Gasteiger charge is -2.13. The first-order chi connectivity index (χ1) is 12.6. The van der Waals surface area contributed by atoms with Crippen molar-refractivity contribution < 1.29 is 23.7 Å². The van der Waals surface area contributed by atoms with Crippen molar-refractivity contribution in [1.29, 1.82) is 0 Å². The molecule has 0 aliphatic carbocycles. The van der Waals surface area contributed by atoms with Crippen LogP contribution in [0.2, 0.25) is 5.02 Å². The van der Waals surface area contributed by atoms with Crippen molar-refractivity contribution >= 4 is 17.5 Å². The lowest BCUT2D eigenvalue weighted by atomic mass is 10.1. The first kappa shape index (κ1) is 18.2. The zero-order valence-electron chi connectivity index (χ0n) is 14.6. The van der Waals surface area contributed by atoms with E-state index in [1.54, 1.807) is 31.4 Å². The number of methoxy groups -OCH3 is 2. The van der Waals surface area contributed by atoms with Crippen LogP contribution in [-0.2, 0) is 6.54 Å². The molecule has 7 heteroatoms. The normalized spacial score (nSPS) is 12.9. The van der Waals surface area contributed by atoms with Gasteiger partial charge in [0.05, 0.1) is 38.0 Å². The molecule has 1 aliphatic heterocycles. The van der Waals surface area contributed by atoms with Crippen LogP contribution in [0.15, 0.2) is 30.3 Å². The monoisotopic (exact) mass is 377 g/mol. The number of hydrogen-bond acceptors (Lipinski definition) is 5. The fourth-order valence-electron chi connectivity index (χ4n) is 2.65. The van der Waals surface area contributed by atoms with Gasteiger partial charge in [-0.05, 0) is 29.8 Å². The Hall–Kier alpha value is -2.60. The Morgan fingerprint density at radius 3 is 2.73 bits per heavy atom. The van der Waals surface area contributed by atoms with Crippen LogP contribution >= 0.6 is 11.6 Å². The Balaban J connectivity index is 1.74. The number of ether oxygens (including phenoxy) is 4. The SMILES string of the molecule is COc1ccc(C(=O)NCc2cc(Cl)c3c(c2)OCCCO3)c(OC)c1. The van der Waals surface area contributed by atoms with Crippen LogP contribution in [0.1, 0.15) is 22.3 Å². The molecule has 0 radical (unpaired) electrons. The van der Waals surface area contributed by atoms with Gasteiger partial charge in [0.25, 0.3) is 5.91 Å². The summed E-state index contributed by atoms with van der Waals surface area (Å²) in [5.74, 6) is 1.96. The highest BCUT2D eigenvalue weighted by molar-refractivity contribution is 6.32. The van der Waals surface area contributed by atoms with Crippen molar-refractivity contribution in [2.45, 2.75) is 13.0 Å². The molecule has 6 nitrogen and oxygen atoms in total. The first-order valence-electron chi connectivity index (χ1n) is 8.20. The van der Waals surface area contributed by atoms with Crippen LogP contribution in [-0.4, -0.2) is 33.3 Å². The summed E-state index contributed by atoms with van der Waals surface area (Å²) in [4.78, 5) is 12.5. The second-order valence-electron chi connectivity index (χ2n) is 5.70. The lowest BCUT2D eigenvalue weighted by molar-refractivity contribution is 0.0947. The molecule has 0 aromatic heterocycles. The van der Waals surface area contributed by atoms with Gasteiger partial charge in [0, 0.05) is 19.0 Å². The van der Waals surface area contributed by atoms with E-state index in [2.05, 4.69) is 5.32 Å². The standard InChI is InChI=1S/C19H20ClNO5/c1-23-13-4-5-14(16(10-13)24-2)19(22)21-11-12-8-15(20)18-17(9-12)25-6-3-7-26-18/h4-5,8-10H,3,6-7,11H2,1-2H3,(H,21,22). The van der Waals surface area contributed by atoms with E-state index < -0.39 is 0 Å². The van der Waals surface area contributed by atoms with Crippen molar-refractivity contribution in [3.8, 4) is 23.0 Å². The zero-order chi connectivity index (χ0) is 18.5. The lowest BCUT2D eigenvalue weighted by Crippen LogP contribution is -2.23. The minimum Gasteiger partial charge on any atom is -0.497 e. The van der Waals surface area contributed by atoms with E-state index in [9.17, 15) is 4.79 Å². The summed E-state index contributed by atoms with van der Waals surface area (Å²) in [6.45, 7) is 1.44. The predicted octanol–water partition coefficient (Wildman–Crippen LogP) is 3.45. The molecule has 2 aromatic carbocycles. The molecule has 0 bridgehead atoms. The maximum atomic E-state index is 12.5. The number of nitrogens with one attached hydrogen (secondary N) is 1. The third-order valence-electron chi connectivity index (χ3n) is 3.97. The molecule has 3 rings (SSSR count). The number of fused-ring (bicyclic) bond motifs is 1. The Bertz CT molecular complexity index is 809. The summed E-state index contributed by atoms with van der Waals surface area (Å²) in [5, 5.41) is 3.33. The van der Waals surface area contributed by atoms with E-state index in [1.807, 2.05) is 6.07 Å². The Labute approximate surface area is 157 Å². The Morgan fingerprint density at radius 1 is 1.15 bits per heavy atom. The average molecular weight is 378 g/mol. The number of halogens is 1. The number of rotatable bonds is 5. The van der Waals surface area contributed by atoms with Crippen molar-refractivity contribution in [3.05, 3.63) is 46.5 Å². The second-order valence-corrected chi connectivity index (χ2v) is 6.11. The largest absolute Gasteiger partial charge is 0.497 e. The molecule has 26 heavy (non-hydrogen) atoms. The molecule has 2 aromatic rings. The highest BCUT2D eigenvalue weighted by Crippen LogP contribution is 2.38. The smallest absolute Gasteiger partial charge is 0.255 e. The van der Waals surface area contributed by atoms with Crippen LogP contribution in [0, 0.1) is 0 Å². The van der Waals surface area contributed by atoms with E-state index >= 15 is 0 Å². The maximum Gasteiger partial charge on any atom is 0.255 e. The van der Waals surface area contributed by atoms with Gasteiger partial charge in [-0.15, -0.1) is 0 Å². The Kier molecular flexibility index (Phi) is 5.73. The average Bonchev–Trinajstić information content (AvgIpc) is 2.91. The van der Waals surface area contributed by atoms with Gasteiger partial charge in [-0.25, -0.2) is 0 Å². The van der Waals surface area contributed by atoms with E-state index in [4.69, 9.17) is 30.5 Å². The van der Waals surface area contributed by atoms with Crippen LogP contribution < -0.4 is 24.3 Å². The first-order valence-corrected chi connectivity index (χ1v) is 8.58. The highest BCUT2D eigenvalue weighted by Gasteiger charge is 2.17. The van der Waals surface area contributed by atoms with Crippen LogP contribution in [0.5, 0.6) is 23.0 Å². The van der Waals surface area contributed by atoms with Gasteiger partial charge in [-0.2, -0.15) is 0 Å². The summed E-state index contributed by atoms with van der Waals surface area (Å²) < 4.78 is 21.7. The predicted molar refractivity (Wildman–Crippen MR) is 97.8 cm³/mol. The van der Waals surface area contributed by atoms with E-state index in [-0.39, 0.29) is 5.91 Å². The third-order valence-corrected chi connectivity index (χ3v) is 4.25. The topological polar surface area (TPSA) is 66.0 Å². The van der Waals surface area contributed by atoms with Crippen molar-refractivity contribution in [3.63, 3.8) is 0 Å². The molecule has 1 heterocycles. The van der Waals surface area contributed by atoms with Gasteiger partial charge in [-0.3, -0.25) is 4.79 Å². The van der Waals surface area contributed by atoms with Gasteiger partial charge in [0.1, 0.15) is 11.5 Å². The summed E-state index contributed by atoms with van der Waals surface area (Å²) in [5.41, 5.74) is 1.24. The van der Waals surface area contributed by atoms with Crippen molar-refractivity contribution in [2.75, 3.05) is 27.4 Å². The summed E-state index contributed by atoms with van der Waals surface area (Å²) in [6.07, 6.45) is 0.800. The van der Waals surface area contributed by atoms with E-state index in [0.29, 0.717) is 53.3 Å². The minimum atomic E-state index is -0.257. The molecule has 0 spiro atoms. The molecule has 138 valence electrons. The maximum absolute atomic E-state index is 12.5. The number of carbonyl (C=O) groups is 1. The molecule has 0 saturated carbocycles. The molecule has 1 aliphatic rings.